The molecule has 1 rings (SSSR count). The first-order valence-electron chi connectivity index (χ1n) is 6.21. The van der Waals surface area contributed by atoms with E-state index >= 15 is 0 Å². The smallest absolute Gasteiger partial charge is 0.266 e. The summed E-state index contributed by atoms with van der Waals surface area (Å²) in [6.07, 6.45) is 0.623. The Morgan fingerprint density at radius 1 is 1.29 bits per heavy atom. The van der Waals surface area contributed by atoms with Crippen molar-refractivity contribution in [3.63, 3.8) is 0 Å². The molecule has 1 atom stereocenters. The summed E-state index contributed by atoms with van der Waals surface area (Å²) in [5.74, 6) is 1.28. The molecule has 5 heteroatoms. The Balaban J connectivity index is 2.69. The highest BCUT2D eigenvalue weighted by molar-refractivity contribution is 5.26. The van der Waals surface area contributed by atoms with Crippen molar-refractivity contribution >= 4 is 5.95 Å². The average molecular weight is 240 g/mol. The van der Waals surface area contributed by atoms with Gasteiger partial charge in [-0.3, -0.25) is 0 Å². The van der Waals surface area contributed by atoms with Gasteiger partial charge < -0.3 is 15.2 Å². The van der Waals surface area contributed by atoms with Gasteiger partial charge in [0.05, 0.1) is 0 Å². The summed E-state index contributed by atoms with van der Waals surface area (Å²) in [5, 5.41) is 3.98. The zero-order valence-electron chi connectivity index (χ0n) is 11.5. The van der Waals surface area contributed by atoms with E-state index < -0.39 is 0 Å². The maximum absolute atomic E-state index is 6.09. The van der Waals surface area contributed by atoms with Crippen LogP contribution < -0.4 is 10.6 Å². The summed E-state index contributed by atoms with van der Waals surface area (Å²) >= 11 is 0. The van der Waals surface area contributed by atoms with Crippen molar-refractivity contribution in [3.05, 3.63) is 5.89 Å². The monoisotopic (exact) mass is 240 g/mol. The molecule has 0 fully saturated rings. The number of hydrogen-bond acceptors (Lipinski definition) is 5. The Hall–Kier alpha value is -1.10. The van der Waals surface area contributed by atoms with Crippen LogP contribution in [0.2, 0.25) is 0 Å². The van der Waals surface area contributed by atoms with E-state index in [2.05, 4.69) is 49.7 Å². The summed E-state index contributed by atoms with van der Waals surface area (Å²) in [4.78, 5) is 6.43. The second-order valence-electron chi connectivity index (χ2n) is 5.34. The van der Waals surface area contributed by atoms with E-state index in [0.29, 0.717) is 18.3 Å². The molecule has 0 aliphatic heterocycles. The first-order chi connectivity index (χ1) is 7.88. The third-order valence-electron chi connectivity index (χ3n) is 3.01. The second kappa shape index (κ2) is 5.49. The van der Waals surface area contributed by atoms with Crippen LogP contribution in [-0.2, 0) is 6.42 Å². The fourth-order valence-corrected chi connectivity index (χ4v) is 1.46. The van der Waals surface area contributed by atoms with Gasteiger partial charge in [-0.05, 0) is 24.4 Å². The van der Waals surface area contributed by atoms with Gasteiger partial charge in [-0.15, -0.1) is 0 Å². The highest BCUT2D eigenvalue weighted by atomic mass is 16.5. The van der Waals surface area contributed by atoms with Crippen molar-refractivity contribution in [1.82, 2.24) is 10.1 Å². The largest absolute Gasteiger partial charge is 0.339 e. The van der Waals surface area contributed by atoms with Gasteiger partial charge in [0.15, 0.2) is 0 Å². The summed E-state index contributed by atoms with van der Waals surface area (Å²) in [6.45, 7) is 12.2. The van der Waals surface area contributed by atoms with Crippen LogP contribution in [0, 0.1) is 5.41 Å². The lowest BCUT2D eigenvalue weighted by atomic mass is 9.85. The molecule has 1 heterocycles. The van der Waals surface area contributed by atoms with Crippen LogP contribution in [0.25, 0.3) is 0 Å². The Labute approximate surface area is 103 Å². The quantitative estimate of drug-likeness (QED) is 0.850. The summed E-state index contributed by atoms with van der Waals surface area (Å²) in [6, 6.07) is 0.0208. The molecule has 0 aliphatic carbocycles. The van der Waals surface area contributed by atoms with Crippen molar-refractivity contribution in [2.45, 2.75) is 47.1 Å². The fraction of sp³-hybridized carbons (Fsp3) is 0.833. The van der Waals surface area contributed by atoms with Crippen molar-refractivity contribution in [2.75, 3.05) is 18.0 Å². The molecule has 0 amide bonds. The van der Waals surface area contributed by atoms with E-state index in [0.717, 1.165) is 13.1 Å². The standard InChI is InChI=1S/C12H24N4O/c1-6-16(7-2)11-14-10(17-15-11)8-9(13)12(3,4)5/h9H,6-8,13H2,1-5H3. The van der Waals surface area contributed by atoms with E-state index in [4.69, 9.17) is 10.3 Å². The summed E-state index contributed by atoms with van der Waals surface area (Å²) in [5.41, 5.74) is 6.14. The zero-order valence-corrected chi connectivity index (χ0v) is 11.5. The lowest BCUT2D eigenvalue weighted by Gasteiger charge is -2.25. The van der Waals surface area contributed by atoms with E-state index in [9.17, 15) is 0 Å². The van der Waals surface area contributed by atoms with Crippen LogP contribution in [0.1, 0.15) is 40.5 Å². The zero-order chi connectivity index (χ0) is 13.1. The molecule has 17 heavy (non-hydrogen) atoms. The van der Waals surface area contributed by atoms with Gasteiger partial charge >= 0.3 is 0 Å². The van der Waals surface area contributed by atoms with E-state index in [-0.39, 0.29) is 11.5 Å². The number of aromatic nitrogens is 2. The maximum Gasteiger partial charge on any atom is 0.266 e. The average Bonchev–Trinajstić information content (AvgIpc) is 2.67. The lowest BCUT2D eigenvalue weighted by molar-refractivity contribution is 0.286. The van der Waals surface area contributed by atoms with Gasteiger partial charge in [0, 0.05) is 25.6 Å². The molecule has 2 N–H and O–H groups in total. The van der Waals surface area contributed by atoms with Crippen molar-refractivity contribution in [1.29, 1.82) is 0 Å². The number of hydrogen-bond donors (Lipinski definition) is 1. The molecular weight excluding hydrogens is 216 g/mol. The molecule has 0 radical (unpaired) electrons. The Morgan fingerprint density at radius 3 is 2.35 bits per heavy atom. The number of rotatable bonds is 5. The fourth-order valence-electron chi connectivity index (χ4n) is 1.46. The van der Waals surface area contributed by atoms with Crippen LogP contribution in [0.15, 0.2) is 4.52 Å². The van der Waals surface area contributed by atoms with E-state index in [1.54, 1.807) is 0 Å². The van der Waals surface area contributed by atoms with Crippen LogP contribution in [-0.4, -0.2) is 29.3 Å². The van der Waals surface area contributed by atoms with Gasteiger partial charge in [0.2, 0.25) is 5.89 Å². The molecule has 0 saturated heterocycles. The SMILES string of the molecule is CCN(CC)c1noc(CC(N)C(C)(C)C)n1. The van der Waals surface area contributed by atoms with Crippen molar-refractivity contribution in [3.8, 4) is 0 Å². The first kappa shape index (κ1) is 14.0. The van der Waals surface area contributed by atoms with Crippen LogP contribution in [0.3, 0.4) is 0 Å². The topological polar surface area (TPSA) is 68.2 Å². The number of nitrogens with zero attached hydrogens (tertiary/aromatic N) is 3. The lowest BCUT2D eigenvalue weighted by Crippen LogP contribution is -2.37. The summed E-state index contributed by atoms with van der Waals surface area (Å²) < 4.78 is 5.23. The van der Waals surface area contributed by atoms with E-state index in [1.165, 1.54) is 0 Å². The van der Waals surface area contributed by atoms with Gasteiger partial charge in [0.25, 0.3) is 5.95 Å². The van der Waals surface area contributed by atoms with Crippen LogP contribution in [0.4, 0.5) is 5.95 Å². The first-order valence-corrected chi connectivity index (χ1v) is 6.21. The minimum Gasteiger partial charge on any atom is -0.339 e. The molecule has 1 unspecified atom stereocenters. The third kappa shape index (κ3) is 3.70. The molecule has 0 aliphatic rings. The molecule has 1 aromatic rings. The number of anilines is 1. The third-order valence-corrected chi connectivity index (χ3v) is 3.01. The molecule has 0 aromatic carbocycles. The van der Waals surface area contributed by atoms with Gasteiger partial charge in [-0.1, -0.05) is 20.8 Å². The summed E-state index contributed by atoms with van der Waals surface area (Å²) in [7, 11) is 0. The normalized spacial score (nSPS) is 13.8. The molecule has 1 aromatic heterocycles. The van der Waals surface area contributed by atoms with Gasteiger partial charge in [0.1, 0.15) is 0 Å². The highest BCUT2D eigenvalue weighted by Crippen LogP contribution is 2.20. The predicted molar refractivity (Wildman–Crippen MR) is 69.0 cm³/mol. The molecular formula is C12H24N4O. The molecule has 0 spiro atoms. The molecule has 5 nitrogen and oxygen atoms in total. The molecule has 98 valence electrons. The van der Waals surface area contributed by atoms with Crippen molar-refractivity contribution in [2.24, 2.45) is 11.1 Å². The maximum atomic E-state index is 6.09. The minimum absolute atomic E-state index is 0.0208. The van der Waals surface area contributed by atoms with Crippen molar-refractivity contribution < 1.29 is 4.52 Å². The van der Waals surface area contributed by atoms with Gasteiger partial charge in [-0.2, -0.15) is 4.98 Å². The Morgan fingerprint density at radius 2 is 1.88 bits per heavy atom. The Bertz CT molecular complexity index is 339. The predicted octanol–water partition coefficient (Wildman–Crippen LogP) is 1.83. The van der Waals surface area contributed by atoms with Gasteiger partial charge in [-0.25, -0.2) is 0 Å². The minimum atomic E-state index is 0.0208. The highest BCUT2D eigenvalue weighted by Gasteiger charge is 2.23. The van der Waals surface area contributed by atoms with E-state index in [1.807, 2.05) is 0 Å². The second-order valence-corrected chi connectivity index (χ2v) is 5.34. The number of nitrogens with two attached hydrogens (primary N) is 1. The van der Waals surface area contributed by atoms with Crippen LogP contribution >= 0.6 is 0 Å². The molecule has 0 bridgehead atoms. The Kier molecular flexibility index (Phi) is 4.51. The molecule has 0 saturated carbocycles. The van der Waals surface area contributed by atoms with Crippen LogP contribution in [0.5, 0.6) is 0 Å².